The van der Waals surface area contributed by atoms with Gasteiger partial charge in [0.2, 0.25) is 0 Å². The van der Waals surface area contributed by atoms with Gasteiger partial charge in [-0.2, -0.15) is 0 Å². The Balaban J connectivity index is 1.79. The third-order valence-electron chi connectivity index (χ3n) is 3.35. The van der Waals surface area contributed by atoms with Crippen molar-refractivity contribution in [3.63, 3.8) is 0 Å². The molecule has 88 valence electrons. The Morgan fingerprint density at radius 1 is 0.938 bits per heavy atom. The fourth-order valence-electron chi connectivity index (χ4n) is 2.31. The summed E-state index contributed by atoms with van der Waals surface area (Å²) >= 11 is 0. The predicted molar refractivity (Wildman–Crippen MR) is 66.7 cm³/mol. The van der Waals surface area contributed by atoms with E-state index in [9.17, 15) is 5.11 Å². The molecule has 1 aromatic rings. The Morgan fingerprint density at radius 3 is 2.19 bits per heavy atom. The van der Waals surface area contributed by atoms with Crippen molar-refractivity contribution in [2.45, 2.75) is 32.1 Å². The van der Waals surface area contributed by atoms with E-state index in [1.165, 1.54) is 44.3 Å². The highest BCUT2D eigenvalue weighted by atomic mass is 16.3. The second-order valence-electron chi connectivity index (χ2n) is 4.67. The van der Waals surface area contributed by atoms with E-state index < -0.39 is 0 Å². The van der Waals surface area contributed by atoms with E-state index in [0.717, 1.165) is 13.0 Å². The van der Waals surface area contributed by atoms with Gasteiger partial charge in [0.05, 0.1) is 0 Å². The van der Waals surface area contributed by atoms with Crippen LogP contribution in [0.15, 0.2) is 24.3 Å². The first-order valence-corrected chi connectivity index (χ1v) is 6.35. The zero-order chi connectivity index (χ0) is 11.2. The monoisotopic (exact) mass is 219 g/mol. The van der Waals surface area contributed by atoms with Gasteiger partial charge < -0.3 is 10.0 Å². The summed E-state index contributed by atoms with van der Waals surface area (Å²) in [4.78, 5) is 2.57. The van der Waals surface area contributed by atoms with Crippen LogP contribution < -0.4 is 0 Å². The molecule has 1 fully saturated rings. The van der Waals surface area contributed by atoms with E-state index in [-0.39, 0.29) is 0 Å². The van der Waals surface area contributed by atoms with Crippen molar-refractivity contribution in [3.05, 3.63) is 29.8 Å². The van der Waals surface area contributed by atoms with Crippen LogP contribution in [-0.4, -0.2) is 29.6 Å². The lowest BCUT2D eigenvalue weighted by Crippen LogP contribution is -2.26. The number of nitrogens with zero attached hydrogens (tertiary/aromatic N) is 1. The molecule has 2 nitrogen and oxygen atoms in total. The van der Waals surface area contributed by atoms with Gasteiger partial charge in [0.15, 0.2) is 0 Å². The Kier molecular flexibility index (Phi) is 4.23. The minimum Gasteiger partial charge on any atom is -0.508 e. The summed E-state index contributed by atoms with van der Waals surface area (Å²) in [6, 6.07) is 7.59. The third kappa shape index (κ3) is 3.53. The molecule has 0 saturated carbocycles. The minimum absolute atomic E-state index is 0.360. The summed E-state index contributed by atoms with van der Waals surface area (Å²) in [6.07, 6.45) is 6.61. The molecule has 1 aliphatic heterocycles. The number of hydrogen-bond donors (Lipinski definition) is 1. The van der Waals surface area contributed by atoms with Crippen LogP contribution in [0.1, 0.15) is 31.2 Å². The molecular formula is C14H21NO. The molecule has 0 radical (unpaired) electrons. The Bertz CT molecular complexity index is 299. The molecule has 0 bridgehead atoms. The highest BCUT2D eigenvalue weighted by molar-refractivity contribution is 5.25. The molecule has 16 heavy (non-hydrogen) atoms. The van der Waals surface area contributed by atoms with Crippen molar-refractivity contribution < 1.29 is 5.11 Å². The van der Waals surface area contributed by atoms with Gasteiger partial charge in [-0.3, -0.25) is 0 Å². The Hall–Kier alpha value is -1.02. The SMILES string of the molecule is Oc1ccc(CCN2CCCCCC2)cc1. The first-order valence-electron chi connectivity index (χ1n) is 6.35. The number of rotatable bonds is 3. The van der Waals surface area contributed by atoms with Crippen LogP contribution in [0.2, 0.25) is 0 Å². The lowest BCUT2D eigenvalue weighted by molar-refractivity contribution is 0.289. The molecule has 1 saturated heterocycles. The van der Waals surface area contributed by atoms with Crippen molar-refractivity contribution >= 4 is 0 Å². The summed E-state index contributed by atoms with van der Waals surface area (Å²) < 4.78 is 0. The number of phenolic OH excluding ortho intramolecular Hbond substituents is 1. The van der Waals surface area contributed by atoms with E-state index in [4.69, 9.17) is 0 Å². The van der Waals surface area contributed by atoms with Crippen LogP contribution >= 0.6 is 0 Å². The summed E-state index contributed by atoms with van der Waals surface area (Å²) in [5.41, 5.74) is 1.32. The first-order chi connectivity index (χ1) is 7.84. The summed E-state index contributed by atoms with van der Waals surface area (Å²) in [5.74, 6) is 0.360. The normalized spacial score (nSPS) is 18.2. The maximum Gasteiger partial charge on any atom is 0.115 e. The molecule has 0 aromatic heterocycles. The van der Waals surface area contributed by atoms with Gasteiger partial charge in [0.1, 0.15) is 5.75 Å². The van der Waals surface area contributed by atoms with Crippen LogP contribution in [0.3, 0.4) is 0 Å². The van der Waals surface area contributed by atoms with Gasteiger partial charge in [-0.05, 0) is 50.0 Å². The van der Waals surface area contributed by atoms with Crippen LogP contribution in [0.5, 0.6) is 5.75 Å². The predicted octanol–water partition coefficient (Wildman–Crippen LogP) is 2.81. The van der Waals surface area contributed by atoms with Crippen molar-refractivity contribution in [2.75, 3.05) is 19.6 Å². The summed E-state index contributed by atoms with van der Waals surface area (Å²) in [7, 11) is 0. The molecule has 1 heterocycles. The van der Waals surface area contributed by atoms with Crippen molar-refractivity contribution in [3.8, 4) is 5.75 Å². The number of benzene rings is 1. The number of phenols is 1. The second-order valence-corrected chi connectivity index (χ2v) is 4.67. The molecule has 2 rings (SSSR count). The van der Waals surface area contributed by atoms with Crippen LogP contribution in [0.4, 0.5) is 0 Å². The van der Waals surface area contributed by atoms with Crippen molar-refractivity contribution in [1.82, 2.24) is 4.90 Å². The molecule has 1 N–H and O–H groups in total. The van der Waals surface area contributed by atoms with Crippen LogP contribution in [0, 0.1) is 0 Å². The zero-order valence-corrected chi connectivity index (χ0v) is 9.86. The third-order valence-corrected chi connectivity index (χ3v) is 3.35. The maximum absolute atomic E-state index is 9.20. The van der Waals surface area contributed by atoms with Gasteiger partial charge in [0.25, 0.3) is 0 Å². The fraction of sp³-hybridized carbons (Fsp3) is 0.571. The molecule has 0 amide bonds. The summed E-state index contributed by atoms with van der Waals surface area (Å²) in [6.45, 7) is 3.68. The average molecular weight is 219 g/mol. The van der Waals surface area contributed by atoms with Crippen LogP contribution in [-0.2, 0) is 6.42 Å². The van der Waals surface area contributed by atoms with Gasteiger partial charge in [0, 0.05) is 6.54 Å². The van der Waals surface area contributed by atoms with Gasteiger partial charge in [-0.25, -0.2) is 0 Å². The first kappa shape index (κ1) is 11.5. The molecule has 0 spiro atoms. The average Bonchev–Trinajstić information content (AvgIpc) is 2.57. The number of hydrogen-bond acceptors (Lipinski definition) is 2. The molecular weight excluding hydrogens is 198 g/mol. The van der Waals surface area contributed by atoms with Crippen molar-refractivity contribution in [1.29, 1.82) is 0 Å². The molecule has 2 heteroatoms. The van der Waals surface area contributed by atoms with Gasteiger partial charge >= 0.3 is 0 Å². The summed E-state index contributed by atoms with van der Waals surface area (Å²) in [5, 5.41) is 9.20. The largest absolute Gasteiger partial charge is 0.508 e. The molecule has 0 unspecified atom stereocenters. The topological polar surface area (TPSA) is 23.5 Å². The van der Waals surface area contributed by atoms with E-state index in [1.807, 2.05) is 12.1 Å². The van der Waals surface area contributed by atoms with Crippen molar-refractivity contribution in [2.24, 2.45) is 0 Å². The fourth-order valence-corrected chi connectivity index (χ4v) is 2.31. The lowest BCUT2D eigenvalue weighted by atomic mass is 10.1. The number of likely N-dealkylation sites (tertiary alicyclic amines) is 1. The highest BCUT2D eigenvalue weighted by Crippen LogP contribution is 2.13. The molecule has 0 atom stereocenters. The quantitative estimate of drug-likeness (QED) is 0.845. The standard InChI is InChI=1S/C14H21NO/c16-14-7-5-13(6-8-14)9-12-15-10-3-1-2-4-11-15/h5-8,16H,1-4,9-12H2. The Morgan fingerprint density at radius 2 is 1.56 bits per heavy atom. The second kappa shape index (κ2) is 5.90. The molecule has 1 aromatic carbocycles. The Labute approximate surface area is 97.9 Å². The van der Waals surface area contributed by atoms with E-state index in [0.29, 0.717) is 5.75 Å². The van der Waals surface area contributed by atoms with E-state index in [2.05, 4.69) is 4.90 Å². The smallest absolute Gasteiger partial charge is 0.115 e. The van der Waals surface area contributed by atoms with E-state index >= 15 is 0 Å². The number of aromatic hydroxyl groups is 1. The van der Waals surface area contributed by atoms with Gasteiger partial charge in [-0.15, -0.1) is 0 Å². The molecule has 1 aliphatic rings. The van der Waals surface area contributed by atoms with Gasteiger partial charge in [-0.1, -0.05) is 25.0 Å². The maximum atomic E-state index is 9.20. The lowest BCUT2D eigenvalue weighted by Gasteiger charge is -2.19. The van der Waals surface area contributed by atoms with E-state index in [1.54, 1.807) is 12.1 Å². The zero-order valence-electron chi connectivity index (χ0n) is 9.86. The highest BCUT2D eigenvalue weighted by Gasteiger charge is 2.08. The minimum atomic E-state index is 0.360. The molecule has 0 aliphatic carbocycles. The van der Waals surface area contributed by atoms with Crippen LogP contribution in [0.25, 0.3) is 0 Å².